The molecule has 0 radical (unpaired) electrons. The van der Waals surface area contributed by atoms with Gasteiger partial charge in [-0.15, -0.1) is 0 Å². The molecule has 0 fully saturated rings. The number of carbonyl (C=O) groups is 2. The first-order chi connectivity index (χ1) is 7.58. The van der Waals surface area contributed by atoms with Crippen molar-refractivity contribution in [3.8, 4) is 0 Å². The fourth-order valence-electron chi connectivity index (χ4n) is 1.06. The first-order valence-electron chi connectivity index (χ1n) is 4.42. The Hall–Kier alpha value is -1.34. The smallest absolute Gasteiger partial charge is 0.330 e. The molecule has 1 rings (SSSR count). The maximum absolute atomic E-state index is 11.6. The number of nitrogens with one attached hydrogen (secondary N) is 2. The minimum absolute atomic E-state index is 0.286. The van der Waals surface area contributed by atoms with Gasteiger partial charge in [-0.3, -0.25) is 4.79 Å². The standard InChI is InChI=1S/C9H11BrN2O4/c1-16-9(15)7(4-13)12-8(14)6-2-5(10)3-11-6/h2-3,7,11,13H,4H2,1H3,(H,12,14). The lowest BCUT2D eigenvalue weighted by molar-refractivity contribution is -0.143. The van der Waals surface area contributed by atoms with E-state index < -0.39 is 24.5 Å². The molecule has 3 N–H and O–H groups in total. The quantitative estimate of drug-likeness (QED) is 0.683. The van der Waals surface area contributed by atoms with Crippen molar-refractivity contribution in [1.82, 2.24) is 10.3 Å². The Balaban J connectivity index is 2.66. The molecule has 0 spiro atoms. The molecule has 0 aliphatic rings. The highest BCUT2D eigenvalue weighted by Crippen LogP contribution is 2.10. The summed E-state index contributed by atoms with van der Waals surface area (Å²) < 4.78 is 5.13. The number of aliphatic hydroxyl groups excluding tert-OH is 1. The molecule has 0 aliphatic heterocycles. The molecule has 0 saturated carbocycles. The number of ether oxygens (including phenoxy) is 1. The van der Waals surface area contributed by atoms with Crippen LogP contribution < -0.4 is 5.32 Å². The number of esters is 1. The van der Waals surface area contributed by atoms with Crippen molar-refractivity contribution in [3.05, 3.63) is 22.4 Å². The number of amides is 1. The average molecular weight is 291 g/mol. The molecule has 0 aromatic carbocycles. The van der Waals surface area contributed by atoms with Crippen LogP contribution in [-0.4, -0.2) is 41.7 Å². The predicted molar refractivity (Wildman–Crippen MR) is 58.8 cm³/mol. The maximum Gasteiger partial charge on any atom is 0.330 e. The van der Waals surface area contributed by atoms with Gasteiger partial charge in [-0.25, -0.2) is 4.79 Å². The third-order valence-corrected chi connectivity index (χ3v) is 2.32. The summed E-state index contributed by atoms with van der Waals surface area (Å²) in [5, 5.41) is 11.2. The van der Waals surface area contributed by atoms with Crippen LogP contribution in [0.25, 0.3) is 0 Å². The van der Waals surface area contributed by atoms with Crippen molar-refractivity contribution in [1.29, 1.82) is 0 Å². The van der Waals surface area contributed by atoms with Gasteiger partial charge in [-0.2, -0.15) is 0 Å². The SMILES string of the molecule is COC(=O)C(CO)NC(=O)c1cc(Br)c[nH]1. The first-order valence-corrected chi connectivity index (χ1v) is 5.21. The van der Waals surface area contributed by atoms with E-state index in [1.54, 1.807) is 12.3 Å². The molecule has 1 amide bonds. The van der Waals surface area contributed by atoms with E-state index in [2.05, 4.69) is 31.0 Å². The van der Waals surface area contributed by atoms with E-state index in [-0.39, 0.29) is 5.69 Å². The fourth-order valence-corrected chi connectivity index (χ4v) is 1.40. The number of aromatic amines is 1. The van der Waals surface area contributed by atoms with Gasteiger partial charge >= 0.3 is 5.97 Å². The van der Waals surface area contributed by atoms with Crippen LogP contribution in [0.1, 0.15) is 10.5 Å². The lowest BCUT2D eigenvalue weighted by atomic mass is 10.3. The van der Waals surface area contributed by atoms with Crippen molar-refractivity contribution in [3.63, 3.8) is 0 Å². The van der Waals surface area contributed by atoms with E-state index in [1.807, 2.05) is 0 Å². The van der Waals surface area contributed by atoms with E-state index in [0.717, 1.165) is 4.47 Å². The van der Waals surface area contributed by atoms with Gasteiger partial charge < -0.3 is 20.1 Å². The highest BCUT2D eigenvalue weighted by Gasteiger charge is 2.21. The minimum atomic E-state index is -1.06. The van der Waals surface area contributed by atoms with E-state index in [4.69, 9.17) is 5.11 Å². The topological polar surface area (TPSA) is 91.4 Å². The Labute approximate surface area is 100 Å². The summed E-state index contributed by atoms with van der Waals surface area (Å²) in [5.41, 5.74) is 0.286. The number of aromatic nitrogens is 1. The normalized spacial score (nSPS) is 11.9. The van der Waals surface area contributed by atoms with Crippen LogP contribution >= 0.6 is 15.9 Å². The van der Waals surface area contributed by atoms with Crippen LogP contribution in [0.4, 0.5) is 0 Å². The maximum atomic E-state index is 11.6. The number of halogens is 1. The zero-order valence-electron chi connectivity index (χ0n) is 8.49. The zero-order chi connectivity index (χ0) is 12.1. The highest BCUT2D eigenvalue weighted by molar-refractivity contribution is 9.10. The van der Waals surface area contributed by atoms with Gasteiger partial charge in [0.25, 0.3) is 5.91 Å². The third-order valence-electron chi connectivity index (χ3n) is 1.87. The van der Waals surface area contributed by atoms with Crippen molar-refractivity contribution >= 4 is 27.8 Å². The molecule has 1 aromatic heterocycles. The van der Waals surface area contributed by atoms with E-state index in [0.29, 0.717) is 0 Å². The van der Waals surface area contributed by atoms with Gasteiger partial charge in [-0.1, -0.05) is 0 Å². The Kier molecular flexibility index (Phi) is 4.51. The van der Waals surface area contributed by atoms with Gasteiger partial charge in [0.1, 0.15) is 5.69 Å². The summed E-state index contributed by atoms with van der Waals surface area (Å²) in [6.45, 7) is -0.514. The zero-order valence-corrected chi connectivity index (χ0v) is 10.1. The Morgan fingerprint density at radius 1 is 1.69 bits per heavy atom. The number of carbonyl (C=O) groups excluding carboxylic acids is 2. The second-order valence-corrected chi connectivity index (χ2v) is 3.88. The summed E-state index contributed by atoms with van der Waals surface area (Å²) in [7, 11) is 1.18. The van der Waals surface area contributed by atoms with E-state index in [9.17, 15) is 9.59 Å². The summed E-state index contributed by atoms with van der Waals surface area (Å²) in [6, 6.07) is 0.501. The molecule has 1 aromatic rings. The minimum Gasteiger partial charge on any atom is -0.467 e. The molecule has 0 aliphatic carbocycles. The largest absolute Gasteiger partial charge is 0.467 e. The van der Waals surface area contributed by atoms with Crippen LogP contribution in [-0.2, 0) is 9.53 Å². The molecular weight excluding hydrogens is 280 g/mol. The summed E-state index contributed by atoms with van der Waals surface area (Å²) in [6.07, 6.45) is 1.58. The predicted octanol–water partition coefficient (Wildman–Crippen LogP) is 0.0409. The molecule has 88 valence electrons. The molecule has 6 nitrogen and oxygen atoms in total. The van der Waals surface area contributed by atoms with E-state index >= 15 is 0 Å². The number of aliphatic hydroxyl groups is 1. The van der Waals surface area contributed by atoms with Gasteiger partial charge in [0.05, 0.1) is 13.7 Å². The van der Waals surface area contributed by atoms with Gasteiger partial charge in [0.2, 0.25) is 0 Å². The van der Waals surface area contributed by atoms with Crippen LogP contribution in [0.2, 0.25) is 0 Å². The Bertz CT molecular complexity index is 391. The molecule has 0 bridgehead atoms. The van der Waals surface area contributed by atoms with Crippen LogP contribution in [0.3, 0.4) is 0 Å². The van der Waals surface area contributed by atoms with Gasteiger partial charge in [0, 0.05) is 10.7 Å². The van der Waals surface area contributed by atoms with Gasteiger partial charge in [0.15, 0.2) is 6.04 Å². The lowest BCUT2D eigenvalue weighted by Gasteiger charge is -2.12. The molecule has 16 heavy (non-hydrogen) atoms. The summed E-state index contributed by atoms with van der Waals surface area (Å²) >= 11 is 3.17. The van der Waals surface area contributed by atoms with Crippen LogP contribution in [0.15, 0.2) is 16.7 Å². The van der Waals surface area contributed by atoms with Gasteiger partial charge in [-0.05, 0) is 22.0 Å². The highest BCUT2D eigenvalue weighted by atomic mass is 79.9. The number of H-pyrrole nitrogens is 1. The van der Waals surface area contributed by atoms with Crippen LogP contribution in [0, 0.1) is 0 Å². The van der Waals surface area contributed by atoms with E-state index in [1.165, 1.54) is 7.11 Å². The van der Waals surface area contributed by atoms with Crippen molar-refractivity contribution in [2.75, 3.05) is 13.7 Å². The van der Waals surface area contributed by atoms with Crippen LogP contribution in [0.5, 0.6) is 0 Å². The van der Waals surface area contributed by atoms with Crippen molar-refractivity contribution in [2.45, 2.75) is 6.04 Å². The molecule has 7 heteroatoms. The monoisotopic (exact) mass is 290 g/mol. The number of hydrogen-bond acceptors (Lipinski definition) is 4. The number of rotatable bonds is 4. The van der Waals surface area contributed by atoms with Crippen molar-refractivity contribution in [2.24, 2.45) is 0 Å². The average Bonchev–Trinajstić information content (AvgIpc) is 2.71. The fraction of sp³-hybridized carbons (Fsp3) is 0.333. The van der Waals surface area contributed by atoms with Crippen molar-refractivity contribution < 1.29 is 19.4 Å². The molecule has 0 saturated heterocycles. The third kappa shape index (κ3) is 3.07. The first kappa shape index (κ1) is 12.7. The second kappa shape index (κ2) is 5.66. The second-order valence-electron chi connectivity index (χ2n) is 2.96. The Morgan fingerprint density at radius 2 is 2.38 bits per heavy atom. The number of hydrogen-bond donors (Lipinski definition) is 3. The summed E-state index contributed by atoms with van der Waals surface area (Å²) in [5.74, 6) is -1.18. The molecular formula is C9H11BrN2O4. The molecule has 1 atom stereocenters. The molecule has 1 heterocycles. The summed E-state index contributed by atoms with van der Waals surface area (Å²) in [4.78, 5) is 25.4. The molecule has 1 unspecified atom stereocenters. The number of methoxy groups -OCH3 is 1. The lowest BCUT2D eigenvalue weighted by Crippen LogP contribution is -2.44. The Morgan fingerprint density at radius 3 is 2.81 bits per heavy atom.